The molecule has 0 bridgehead atoms. The lowest BCUT2D eigenvalue weighted by atomic mass is 10.5. The molecule has 0 unspecified atom stereocenters. The molecule has 0 atom stereocenters. The van der Waals surface area contributed by atoms with E-state index in [1.165, 1.54) is 11.8 Å². The van der Waals surface area contributed by atoms with Crippen LogP contribution in [0.15, 0.2) is 22.4 Å². The van der Waals surface area contributed by atoms with Crippen molar-refractivity contribution in [3.8, 4) is 6.01 Å². The number of hydrogen-bond acceptors (Lipinski definition) is 6. The molecule has 2 aromatic rings. The van der Waals surface area contributed by atoms with Crippen LogP contribution in [0.3, 0.4) is 0 Å². The molecule has 0 aliphatic carbocycles. The minimum absolute atomic E-state index is 0.0142. The molecule has 6 nitrogen and oxygen atoms in total. The molecule has 0 fully saturated rings. The maximum absolute atomic E-state index is 5.83. The number of rotatable bonds is 4. The molecule has 2 rings (SSSR count). The van der Waals surface area contributed by atoms with Gasteiger partial charge in [0.2, 0.25) is 5.28 Å². The molecule has 0 spiro atoms. The Bertz CT molecular complexity index is 545. The molecule has 18 heavy (non-hydrogen) atoms. The first-order valence-corrected chi connectivity index (χ1v) is 6.47. The molecule has 2 aromatic heterocycles. The summed E-state index contributed by atoms with van der Waals surface area (Å²) in [5.41, 5.74) is 0. The van der Waals surface area contributed by atoms with Crippen molar-refractivity contribution < 1.29 is 4.74 Å². The summed E-state index contributed by atoms with van der Waals surface area (Å²) in [5, 5.41) is 4.67. The van der Waals surface area contributed by atoms with Gasteiger partial charge in [0.25, 0.3) is 0 Å². The van der Waals surface area contributed by atoms with E-state index >= 15 is 0 Å². The average molecular weight is 286 g/mol. The van der Waals surface area contributed by atoms with Crippen LogP contribution >= 0.6 is 23.4 Å². The van der Waals surface area contributed by atoms with Gasteiger partial charge in [-0.3, -0.25) is 4.68 Å². The second kappa shape index (κ2) is 5.53. The fraction of sp³-hybridized carbons (Fsp3) is 0.400. The minimum Gasteiger partial charge on any atom is -0.461 e. The lowest BCUT2D eigenvalue weighted by Gasteiger charge is -2.07. The lowest BCUT2D eigenvalue weighted by molar-refractivity contribution is 0.219. The Balaban J connectivity index is 2.19. The first-order valence-electron chi connectivity index (χ1n) is 5.27. The van der Waals surface area contributed by atoms with Crippen molar-refractivity contribution in [3.63, 3.8) is 0 Å². The van der Waals surface area contributed by atoms with E-state index in [1.807, 2.05) is 27.1 Å². The summed E-state index contributed by atoms with van der Waals surface area (Å²) < 4.78 is 7.10. The van der Waals surface area contributed by atoms with Gasteiger partial charge >= 0.3 is 6.01 Å². The van der Waals surface area contributed by atoms with Crippen LogP contribution in [0.5, 0.6) is 6.01 Å². The molecule has 0 aliphatic rings. The predicted octanol–water partition coefficient (Wildman–Crippen LogP) is 2.20. The van der Waals surface area contributed by atoms with E-state index in [0.29, 0.717) is 5.16 Å². The van der Waals surface area contributed by atoms with Gasteiger partial charge in [-0.2, -0.15) is 20.1 Å². The van der Waals surface area contributed by atoms with Gasteiger partial charge in [0.1, 0.15) is 0 Å². The molecule has 0 amide bonds. The van der Waals surface area contributed by atoms with E-state index in [9.17, 15) is 0 Å². The summed E-state index contributed by atoms with van der Waals surface area (Å²) in [6, 6.07) is 0.233. The monoisotopic (exact) mass is 285 g/mol. The Morgan fingerprint density at radius 3 is 2.72 bits per heavy atom. The van der Waals surface area contributed by atoms with Crippen molar-refractivity contribution >= 4 is 23.4 Å². The zero-order valence-corrected chi connectivity index (χ0v) is 11.7. The van der Waals surface area contributed by atoms with Gasteiger partial charge in [-0.15, -0.1) is 0 Å². The SMILES string of the molecule is CC(C)Oc1nc(Cl)nc(Sc2cnn(C)c2)n1. The molecule has 0 aliphatic heterocycles. The Hall–Kier alpha value is -1.34. The first kappa shape index (κ1) is 13.1. The van der Waals surface area contributed by atoms with E-state index in [0.717, 1.165) is 4.90 Å². The smallest absolute Gasteiger partial charge is 0.322 e. The van der Waals surface area contributed by atoms with Crippen LogP contribution in [0, 0.1) is 0 Å². The second-order valence-electron chi connectivity index (χ2n) is 3.79. The summed E-state index contributed by atoms with van der Waals surface area (Å²) in [6.07, 6.45) is 3.58. The van der Waals surface area contributed by atoms with Crippen LogP contribution in [0.2, 0.25) is 5.28 Å². The molecule has 0 radical (unpaired) electrons. The number of nitrogens with zero attached hydrogens (tertiary/aromatic N) is 5. The molecule has 96 valence electrons. The van der Waals surface area contributed by atoms with Crippen molar-refractivity contribution in [1.82, 2.24) is 24.7 Å². The lowest BCUT2D eigenvalue weighted by Crippen LogP contribution is -2.09. The number of ether oxygens (including phenoxy) is 1. The highest BCUT2D eigenvalue weighted by atomic mass is 35.5. The summed E-state index contributed by atoms with van der Waals surface area (Å²) in [6.45, 7) is 3.79. The van der Waals surface area contributed by atoms with Crippen LogP contribution in [-0.2, 0) is 7.05 Å². The van der Waals surface area contributed by atoms with Crippen LogP contribution in [0.4, 0.5) is 0 Å². The van der Waals surface area contributed by atoms with Gasteiger partial charge in [-0.05, 0) is 37.2 Å². The van der Waals surface area contributed by atoms with Crippen molar-refractivity contribution in [2.75, 3.05) is 0 Å². The topological polar surface area (TPSA) is 65.7 Å². The highest BCUT2D eigenvalue weighted by Gasteiger charge is 2.09. The van der Waals surface area contributed by atoms with E-state index in [4.69, 9.17) is 16.3 Å². The highest BCUT2D eigenvalue weighted by molar-refractivity contribution is 7.99. The fourth-order valence-corrected chi connectivity index (χ4v) is 2.15. The van der Waals surface area contributed by atoms with Crippen molar-refractivity contribution in [2.45, 2.75) is 30.0 Å². The average Bonchev–Trinajstić information content (AvgIpc) is 2.61. The van der Waals surface area contributed by atoms with Crippen LogP contribution in [0.25, 0.3) is 0 Å². The summed E-state index contributed by atoms with van der Waals surface area (Å²) in [5.74, 6) is 0. The maximum Gasteiger partial charge on any atom is 0.322 e. The van der Waals surface area contributed by atoms with Gasteiger partial charge in [-0.1, -0.05) is 0 Å². The van der Waals surface area contributed by atoms with Crippen molar-refractivity contribution in [3.05, 3.63) is 17.7 Å². The zero-order valence-electron chi connectivity index (χ0n) is 10.2. The van der Waals surface area contributed by atoms with Gasteiger partial charge in [0.15, 0.2) is 5.16 Å². The molecule has 8 heteroatoms. The molecule has 0 N–H and O–H groups in total. The third-order valence-corrected chi connectivity index (χ3v) is 2.78. The predicted molar refractivity (Wildman–Crippen MR) is 67.9 cm³/mol. The van der Waals surface area contributed by atoms with Crippen molar-refractivity contribution in [2.24, 2.45) is 7.05 Å². The molecule has 0 saturated carbocycles. The van der Waals surface area contributed by atoms with Crippen LogP contribution in [0.1, 0.15) is 13.8 Å². The summed E-state index contributed by atoms with van der Waals surface area (Å²) >= 11 is 7.18. The van der Waals surface area contributed by atoms with Gasteiger partial charge in [0.05, 0.1) is 17.2 Å². The maximum atomic E-state index is 5.83. The van der Waals surface area contributed by atoms with Crippen LogP contribution in [-0.4, -0.2) is 30.8 Å². The Kier molecular flexibility index (Phi) is 4.03. The van der Waals surface area contributed by atoms with Gasteiger partial charge in [0, 0.05) is 13.2 Å². The fourth-order valence-electron chi connectivity index (χ4n) is 1.18. The summed E-state index contributed by atoms with van der Waals surface area (Å²) in [4.78, 5) is 13.0. The molecule has 0 aromatic carbocycles. The third-order valence-electron chi connectivity index (χ3n) is 1.80. The number of halogens is 1. The minimum atomic E-state index is -0.0142. The quantitative estimate of drug-likeness (QED) is 0.858. The van der Waals surface area contributed by atoms with E-state index < -0.39 is 0 Å². The van der Waals surface area contributed by atoms with Crippen molar-refractivity contribution in [1.29, 1.82) is 0 Å². The van der Waals surface area contributed by atoms with Crippen LogP contribution < -0.4 is 4.74 Å². The standard InChI is InChI=1S/C10H12ClN5OS/c1-6(2)17-9-13-8(11)14-10(15-9)18-7-4-12-16(3)5-7/h4-6H,1-3H3. The Morgan fingerprint density at radius 1 is 1.33 bits per heavy atom. The number of aromatic nitrogens is 5. The highest BCUT2D eigenvalue weighted by Crippen LogP contribution is 2.25. The Morgan fingerprint density at radius 2 is 2.11 bits per heavy atom. The normalized spacial score (nSPS) is 10.9. The van der Waals surface area contributed by atoms with E-state index in [-0.39, 0.29) is 17.4 Å². The molecular weight excluding hydrogens is 274 g/mol. The van der Waals surface area contributed by atoms with Gasteiger partial charge < -0.3 is 4.74 Å². The molecule has 0 saturated heterocycles. The summed E-state index contributed by atoms with van der Waals surface area (Å²) in [7, 11) is 1.84. The first-order chi connectivity index (χ1) is 8.52. The largest absolute Gasteiger partial charge is 0.461 e. The third kappa shape index (κ3) is 3.58. The molecular formula is C10H12ClN5OS. The zero-order chi connectivity index (χ0) is 13.1. The van der Waals surface area contributed by atoms with E-state index in [2.05, 4.69) is 20.1 Å². The Labute approximate surface area is 114 Å². The van der Waals surface area contributed by atoms with Gasteiger partial charge in [-0.25, -0.2) is 0 Å². The molecule has 2 heterocycles. The van der Waals surface area contributed by atoms with E-state index in [1.54, 1.807) is 10.9 Å². The number of hydrogen-bond donors (Lipinski definition) is 0. The second-order valence-corrected chi connectivity index (χ2v) is 5.17. The number of aryl methyl sites for hydroxylation is 1.